The third-order valence-corrected chi connectivity index (χ3v) is 5.69. The van der Waals surface area contributed by atoms with Crippen LogP contribution in [-0.2, 0) is 30.0 Å². The van der Waals surface area contributed by atoms with Crippen LogP contribution in [0.3, 0.4) is 0 Å². The highest BCUT2D eigenvalue weighted by Crippen LogP contribution is 2.50. The number of hydrogen-bond acceptors (Lipinski definition) is 5. The molecule has 0 heterocycles. The lowest BCUT2D eigenvalue weighted by Crippen LogP contribution is -2.30. The molecule has 7 heteroatoms. The third kappa shape index (κ3) is 7.14. The summed E-state index contributed by atoms with van der Waals surface area (Å²) < 4.78 is 29.2. The summed E-state index contributed by atoms with van der Waals surface area (Å²) in [5, 5.41) is 2.72. The fraction of sp³-hybridized carbons (Fsp3) is 0.588. The molecule has 0 saturated carbocycles. The van der Waals surface area contributed by atoms with Crippen LogP contribution in [0.1, 0.15) is 32.8 Å². The highest BCUT2D eigenvalue weighted by molar-refractivity contribution is 7.57. The van der Waals surface area contributed by atoms with E-state index in [-0.39, 0.29) is 19.1 Å². The fourth-order valence-corrected chi connectivity index (χ4v) is 4.31. The van der Waals surface area contributed by atoms with Gasteiger partial charge in [0.1, 0.15) is 12.4 Å². The molecule has 0 bridgehead atoms. The SMILES string of the molecule is CCO[P@@](=O)(NCC(=O)OC)[C@H](CC(C)C)OCc1ccccc1. The van der Waals surface area contributed by atoms with Gasteiger partial charge in [0.05, 0.1) is 20.3 Å². The second kappa shape index (κ2) is 10.6. The maximum atomic E-state index is 13.2. The summed E-state index contributed by atoms with van der Waals surface area (Å²) in [5.74, 6) is -0.872. The molecule has 0 spiro atoms. The van der Waals surface area contributed by atoms with Crippen molar-refractivity contribution in [2.45, 2.75) is 39.6 Å². The molecule has 2 atom stereocenters. The average Bonchev–Trinajstić information content (AvgIpc) is 2.57. The topological polar surface area (TPSA) is 73.9 Å². The molecule has 136 valence electrons. The molecule has 1 aromatic rings. The van der Waals surface area contributed by atoms with Crippen molar-refractivity contribution in [3.8, 4) is 0 Å². The van der Waals surface area contributed by atoms with E-state index in [1.165, 1.54) is 7.11 Å². The van der Waals surface area contributed by atoms with Crippen molar-refractivity contribution in [3.05, 3.63) is 35.9 Å². The lowest BCUT2D eigenvalue weighted by Gasteiger charge is -2.28. The molecule has 0 aliphatic rings. The first kappa shape index (κ1) is 20.8. The molecule has 0 amide bonds. The van der Waals surface area contributed by atoms with E-state index in [1.54, 1.807) is 6.92 Å². The minimum atomic E-state index is -3.36. The molecule has 24 heavy (non-hydrogen) atoms. The van der Waals surface area contributed by atoms with Crippen LogP contribution >= 0.6 is 7.52 Å². The molecule has 0 radical (unpaired) electrons. The zero-order valence-corrected chi connectivity index (χ0v) is 15.8. The van der Waals surface area contributed by atoms with Gasteiger partial charge in [-0.2, -0.15) is 0 Å². The van der Waals surface area contributed by atoms with E-state index in [1.807, 2.05) is 44.2 Å². The van der Waals surface area contributed by atoms with Gasteiger partial charge in [-0.05, 0) is 24.8 Å². The van der Waals surface area contributed by atoms with E-state index in [0.29, 0.717) is 13.0 Å². The van der Waals surface area contributed by atoms with Gasteiger partial charge in [0.2, 0.25) is 0 Å². The maximum absolute atomic E-state index is 13.2. The van der Waals surface area contributed by atoms with Gasteiger partial charge >= 0.3 is 5.97 Å². The summed E-state index contributed by atoms with van der Waals surface area (Å²) in [6, 6.07) is 9.67. The third-order valence-electron chi connectivity index (χ3n) is 3.33. The molecular weight excluding hydrogens is 329 g/mol. The van der Waals surface area contributed by atoms with E-state index < -0.39 is 19.3 Å². The smallest absolute Gasteiger partial charge is 0.320 e. The van der Waals surface area contributed by atoms with E-state index in [9.17, 15) is 9.36 Å². The fourth-order valence-electron chi connectivity index (χ4n) is 2.14. The van der Waals surface area contributed by atoms with Crippen LogP contribution in [0.15, 0.2) is 30.3 Å². The Kier molecular flexibility index (Phi) is 9.22. The van der Waals surface area contributed by atoms with Gasteiger partial charge in [-0.25, -0.2) is 5.09 Å². The van der Waals surface area contributed by atoms with E-state index in [2.05, 4.69) is 9.82 Å². The molecule has 0 fully saturated rings. The molecule has 0 unspecified atom stereocenters. The van der Waals surface area contributed by atoms with E-state index >= 15 is 0 Å². The van der Waals surface area contributed by atoms with Crippen LogP contribution in [0.25, 0.3) is 0 Å². The van der Waals surface area contributed by atoms with Crippen LogP contribution in [-0.4, -0.2) is 32.1 Å². The van der Waals surface area contributed by atoms with Crippen LogP contribution in [0.2, 0.25) is 0 Å². The minimum absolute atomic E-state index is 0.183. The van der Waals surface area contributed by atoms with Crippen molar-refractivity contribution < 1.29 is 23.4 Å². The predicted octanol–water partition coefficient (Wildman–Crippen LogP) is 3.57. The Bertz CT molecular complexity index is 535. The highest BCUT2D eigenvalue weighted by atomic mass is 31.2. The van der Waals surface area contributed by atoms with Gasteiger partial charge in [0.15, 0.2) is 0 Å². The largest absolute Gasteiger partial charge is 0.468 e. The van der Waals surface area contributed by atoms with Crippen LogP contribution < -0.4 is 5.09 Å². The Morgan fingerprint density at radius 1 is 1.25 bits per heavy atom. The number of carbonyl (C=O) groups is 1. The Hall–Kier alpha value is -1.20. The normalized spacial score (nSPS) is 15.0. The zero-order valence-electron chi connectivity index (χ0n) is 14.9. The molecule has 0 aliphatic carbocycles. The standard InChI is InChI=1S/C17H28NO5P/c1-5-23-24(20,18-12-16(19)21-4)17(11-14(2)3)22-13-15-9-7-6-8-10-15/h6-10,14,17H,5,11-13H2,1-4H3,(H,18,20)/t17-,24-/m1/s1. The Balaban J connectivity index is 2.86. The van der Waals surface area contributed by atoms with E-state index in [4.69, 9.17) is 9.26 Å². The summed E-state index contributed by atoms with van der Waals surface area (Å²) >= 11 is 0. The number of carbonyl (C=O) groups excluding carboxylic acids is 1. The van der Waals surface area contributed by atoms with Crippen LogP contribution in [0, 0.1) is 5.92 Å². The maximum Gasteiger partial charge on any atom is 0.320 e. The quantitative estimate of drug-likeness (QED) is 0.482. The van der Waals surface area contributed by atoms with Crippen LogP contribution in [0.5, 0.6) is 0 Å². The molecule has 1 aromatic carbocycles. The van der Waals surface area contributed by atoms with Crippen molar-refractivity contribution >= 4 is 13.5 Å². The summed E-state index contributed by atoms with van der Waals surface area (Å²) in [6.45, 7) is 6.21. The number of rotatable bonds is 11. The predicted molar refractivity (Wildman–Crippen MR) is 93.7 cm³/mol. The number of nitrogens with one attached hydrogen (secondary N) is 1. The van der Waals surface area contributed by atoms with Crippen molar-refractivity contribution in [2.24, 2.45) is 5.92 Å². The molecular formula is C17H28NO5P. The minimum Gasteiger partial charge on any atom is -0.468 e. The van der Waals surface area contributed by atoms with Gasteiger partial charge in [0.25, 0.3) is 7.52 Å². The van der Waals surface area contributed by atoms with Crippen molar-refractivity contribution in [2.75, 3.05) is 20.3 Å². The van der Waals surface area contributed by atoms with Gasteiger partial charge < -0.3 is 14.0 Å². The summed E-state index contributed by atoms with van der Waals surface area (Å²) in [4.78, 5) is 11.4. The number of ether oxygens (including phenoxy) is 2. The highest BCUT2D eigenvalue weighted by Gasteiger charge is 2.36. The second-order valence-electron chi connectivity index (χ2n) is 5.81. The van der Waals surface area contributed by atoms with Crippen molar-refractivity contribution in [1.82, 2.24) is 5.09 Å². The molecule has 0 aliphatic heterocycles. The Morgan fingerprint density at radius 3 is 2.46 bits per heavy atom. The molecule has 0 aromatic heterocycles. The lowest BCUT2D eigenvalue weighted by molar-refractivity contribution is -0.139. The monoisotopic (exact) mass is 357 g/mol. The summed E-state index contributed by atoms with van der Waals surface area (Å²) in [6.07, 6.45) is 0.554. The van der Waals surface area contributed by atoms with Crippen LogP contribution in [0.4, 0.5) is 0 Å². The average molecular weight is 357 g/mol. The number of esters is 1. The van der Waals surface area contributed by atoms with Gasteiger partial charge in [0, 0.05) is 0 Å². The van der Waals surface area contributed by atoms with Crippen molar-refractivity contribution in [3.63, 3.8) is 0 Å². The molecule has 1 N–H and O–H groups in total. The molecule has 6 nitrogen and oxygen atoms in total. The molecule has 0 saturated heterocycles. The van der Waals surface area contributed by atoms with Gasteiger partial charge in [-0.3, -0.25) is 9.36 Å². The first-order valence-corrected chi connectivity index (χ1v) is 9.82. The van der Waals surface area contributed by atoms with Crippen molar-refractivity contribution in [1.29, 1.82) is 0 Å². The summed E-state index contributed by atoms with van der Waals surface area (Å²) in [7, 11) is -2.08. The lowest BCUT2D eigenvalue weighted by atomic mass is 10.1. The van der Waals surface area contributed by atoms with Gasteiger partial charge in [-0.15, -0.1) is 0 Å². The second-order valence-corrected chi connectivity index (χ2v) is 8.15. The number of methoxy groups -OCH3 is 1. The van der Waals surface area contributed by atoms with Gasteiger partial charge in [-0.1, -0.05) is 44.2 Å². The Morgan fingerprint density at radius 2 is 1.92 bits per heavy atom. The van der Waals surface area contributed by atoms with E-state index in [0.717, 1.165) is 5.56 Å². The zero-order chi connectivity index (χ0) is 18.0. The Labute approximate surface area is 144 Å². The number of hydrogen-bond donors (Lipinski definition) is 1. The molecule has 1 rings (SSSR count). The number of benzene rings is 1. The summed E-state index contributed by atoms with van der Waals surface area (Å²) in [5.41, 5.74) is 0.988. The first-order valence-electron chi connectivity index (χ1n) is 8.13. The first-order chi connectivity index (χ1) is 11.4.